The summed E-state index contributed by atoms with van der Waals surface area (Å²) in [4.78, 5) is 14.4. The summed E-state index contributed by atoms with van der Waals surface area (Å²) in [6.45, 7) is 2.40. The Kier molecular flexibility index (Phi) is 3.06. The van der Waals surface area contributed by atoms with Gasteiger partial charge in [-0.3, -0.25) is 4.79 Å². The summed E-state index contributed by atoms with van der Waals surface area (Å²) in [6.07, 6.45) is 0. The molecule has 28 heavy (non-hydrogen) atoms. The fourth-order valence-electron chi connectivity index (χ4n) is 5.86. The van der Waals surface area contributed by atoms with Crippen LogP contribution in [0.4, 0.5) is 0 Å². The molecule has 3 nitrogen and oxygen atoms in total. The van der Waals surface area contributed by atoms with Crippen LogP contribution >= 0.6 is 0 Å². The van der Waals surface area contributed by atoms with E-state index in [0.29, 0.717) is 0 Å². The van der Waals surface area contributed by atoms with Gasteiger partial charge in [0.15, 0.2) is 0 Å². The highest BCUT2D eigenvalue weighted by Gasteiger charge is 2.76. The minimum absolute atomic E-state index is 0.0162. The maximum Gasteiger partial charge on any atom is 0.219 e. The van der Waals surface area contributed by atoms with Crippen LogP contribution in [0.5, 0.6) is 0 Å². The SMILES string of the molecule is CC(=O)N1C[C@@H]2[C@H]1[C@@]1(c3ccccc3)O[C@]2(c2ccccc2)c2ccccc21. The molecule has 2 bridgehead atoms. The number of carbonyl (C=O) groups excluding carboxylic acids is 1. The van der Waals surface area contributed by atoms with E-state index >= 15 is 0 Å². The fourth-order valence-corrected chi connectivity index (χ4v) is 5.86. The molecule has 6 rings (SSSR count). The van der Waals surface area contributed by atoms with Crippen molar-refractivity contribution in [2.75, 3.05) is 6.54 Å². The van der Waals surface area contributed by atoms with Crippen molar-refractivity contribution in [1.29, 1.82) is 0 Å². The number of rotatable bonds is 2. The van der Waals surface area contributed by atoms with E-state index in [1.54, 1.807) is 6.92 Å². The number of amides is 1. The molecule has 0 aromatic heterocycles. The van der Waals surface area contributed by atoms with Gasteiger partial charge < -0.3 is 9.64 Å². The Morgan fingerprint density at radius 2 is 1.32 bits per heavy atom. The summed E-state index contributed by atoms with van der Waals surface area (Å²) in [5, 5.41) is 0. The van der Waals surface area contributed by atoms with E-state index in [-0.39, 0.29) is 17.9 Å². The molecule has 0 aliphatic carbocycles. The third kappa shape index (κ3) is 1.67. The zero-order valence-electron chi connectivity index (χ0n) is 15.7. The molecule has 0 N–H and O–H groups in total. The van der Waals surface area contributed by atoms with Crippen LogP contribution in [0.3, 0.4) is 0 Å². The van der Waals surface area contributed by atoms with Crippen molar-refractivity contribution in [2.24, 2.45) is 5.92 Å². The van der Waals surface area contributed by atoms with E-state index in [1.807, 2.05) is 17.0 Å². The van der Waals surface area contributed by atoms with Crippen molar-refractivity contribution < 1.29 is 9.53 Å². The van der Waals surface area contributed by atoms with Crippen LogP contribution in [0.25, 0.3) is 0 Å². The lowest BCUT2D eigenvalue weighted by atomic mass is 9.59. The Labute approximate surface area is 164 Å². The number of hydrogen-bond donors (Lipinski definition) is 0. The molecule has 3 heterocycles. The molecule has 0 saturated carbocycles. The van der Waals surface area contributed by atoms with Crippen LogP contribution in [0.1, 0.15) is 29.2 Å². The average molecular weight is 367 g/mol. The molecule has 3 aromatic carbocycles. The van der Waals surface area contributed by atoms with Gasteiger partial charge in [0.2, 0.25) is 5.91 Å². The number of likely N-dealkylation sites (tertiary alicyclic amines) is 1. The Morgan fingerprint density at radius 1 is 0.821 bits per heavy atom. The van der Waals surface area contributed by atoms with Gasteiger partial charge in [0.1, 0.15) is 11.2 Å². The number of nitrogens with zero attached hydrogens (tertiary/aromatic N) is 1. The molecule has 3 aliphatic heterocycles. The maximum absolute atomic E-state index is 12.4. The summed E-state index contributed by atoms with van der Waals surface area (Å²) < 4.78 is 7.16. The first kappa shape index (κ1) is 16.1. The lowest BCUT2D eigenvalue weighted by molar-refractivity contribution is -0.144. The zero-order valence-corrected chi connectivity index (χ0v) is 15.7. The molecule has 2 fully saturated rings. The van der Waals surface area contributed by atoms with Crippen molar-refractivity contribution >= 4 is 5.91 Å². The third-order valence-corrected chi connectivity index (χ3v) is 6.91. The lowest BCUT2D eigenvalue weighted by Gasteiger charge is -2.54. The number of ether oxygens (including phenoxy) is 1. The molecule has 3 heteroatoms. The zero-order chi connectivity index (χ0) is 18.9. The molecule has 2 saturated heterocycles. The molecule has 138 valence electrons. The monoisotopic (exact) mass is 367 g/mol. The van der Waals surface area contributed by atoms with E-state index < -0.39 is 11.2 Å². The first-order valence-electron chi connectivity index (χ1n) is 9.88. The van der Waals surface area contributed by atoms with Gasteiger partial charge in [-0.15, -0.1) is 0 Å². The standard InChI is InChI=1S/C25H21NO2/c1-17(27)26-16-22-23(26)25(19-12-6-3-7-13-19)21-15-9-8-14-20(21)24(22,28-25)18-10-4-2-5-11-18/h2-15,22-23H,16H2,1H3/t22-,23+,24-,25+/m1/s1. The first-order chi connectivity index (χ1) is 13.7. The Balaban J connectivity index is 1.68. The topological polar surface area (TPSA) is 29.5 Å². The average Bonchev–Trinajstić information content (AvgIpc) is 3.13. The van der Waals surface area contributed by atoms with Gasteiger partial charge in [0, 0.05) is 19.4 Å². The second kappa shape index (κ2) is 5.33. The van der Waals surface area contributed by atoms with Gasteiger partial charge in [-0.25, -0.2) is 0 Å². The second-order valence-corrected chi connectivity index (χ2v) is 8.07. The molecule has 0 radical (unpaired) electrons. The number of hydrogen-bond acceptors (Lipinski definition) is 2. The molecule has 0 unspecified atom stereocenters. The van der Waals surface area contributed by atoms with Gasteiger partial charge >= 0.3 is 0 Å². The molecular formula is C25H21NO2. The Bertz CT molecular complexity index is 1080. The normalized spacial score (nSPS) is 31.8. The smallest absolute Gasteiger partial charge is 0.219 e. The van der Waals surface area contributed by atoms with E-state index in [4.69, 9.17) is 4.74 Å². The minimum Gasteiger partial charge on any atom is -0.347 e. The molecule has 4 atom stereocenters. The maximum atomic E-state index is 12.4. The van der Waals surface area contributed by atoms with Crippen LogP contribution in [0.15, 0.2) is 84.9 Å². The fraction of sp³-hybridized carbons (Fsp3) is 0.240. The number of benzene rings is 3. The number of carbonyl (C=O) groups is 1. The predicted octanol–water partition coefficient (Wildman–Crippen LogP) is 4.06. The van der Waals surface area contributed by atoms with Gasteiger partial charge in [-0.2, -0.15) is 0 Å². The Hall–Kier alpha value is -2.91. The second-order valence-electron chi connectivity index (χ2n) is 8.07. The highest BCUT2D eigenvalue weighted by Crippen LogP contribution is 2.69. The van der Waals surface area contributed by atoms with E-state index in [9.17, 15) is 4.79 Å². The quantitative estimate of drug-likeness (QED) is 0.683. The molecule has 3 aliphatic rings. The highest BCUT2D eigenvalue weighted by atomic mass is 16.5. The van der Waals surface area contributed by atoms with Crippen molar-refractivity contribution in [3.8, 4) is 0 Å². The van der Waals surface area contributed by atoms with Crippen molar-refractivity contribution in [1.82, 2.24) is 4.90 Å². The molecule has 3 aromatic rings. The van der Waals surface area contributed by atoms with Gasteiger partial charge in [0.05, 0.1) is 6.04 Å². The van der Waals surface area contributed by atoms with Crippen LogP contribution in [-0.2, 0) is 20.7 Å². The van der Waals surface area contributed by atoms with Crippen molar-refractivity contribution in [2.45, 2.75) is 24.2 Å². The van der Waals surface area contributed by atoms with Crippen molar-refractivity contribution in [3.63, 3.8) is 0 Å². The molecule has 0 spiro atoms. The van der Waals surface area contributed by atoms with Crippen LogP contribution < -0.4 is 0 Å². The Morgan fingerprint density at radius 3 is 1.89 bits per heavy atom. The summed E-state index contributed by atoms with van der Waals surface area (Å²) in [7, 11) is 0. The van der Waals surface area contributed by atoms with Crippen LogP contribution in [0, 0.1) is 5.92 Å². The summed E-state index contributed by atoms with van der Waals surface area (Å²) in [5.41, 5.74) is 3.61. The predicted molar refractivity (Wildman–Crippen MR) is 107 cm³/mol. The summed E-state index contributed by atoms with van der Waals surface area (Å²) in [5.74, 6) is 0.363. The minimum atomic E-state index is -0.623. The van der Waals surface area contributed by atoms with E-state index in [1.165, 1.54) is 16.7 Å². The first-order valence-corrected chi connectivity index (χ1v) is 9.88. The van der Waals surface area contributed by atoms with Gasteiger partial charge in [0.25, 0.3) is 0 Å². The van der Waals surface area contributed by atoms with Gasteiger partial charge in [-0.05, 0) is 22.3 Å². The van der Waals surface area contributed by atoms with E-state index in [0.717, 1.165) is 12.1 Å². The largest absolute Gasteiger partial charge is 0.347 e. The third-order valence-electron chi connectivity index (χ3n) is 6.91. The molecular weight excluding hydrogens is 346 g/mol. The van der Waals surface area contributed by atoms with E-state index in [2.05, 4.69) is 72.8 Å². The van der Waals surface area contributed by atoms with Crippen LogP contribution in [-0.4, -0.2) is 23.4 Å². The van der Waals surface area contributed by atoms with Gasteiger partial charge in [-0.1, -0.05) is 84.9 Å². The summed E-state index contributed by atoms with van der Waals surface area (Å²) in [6, 6.07) is 29.5. The van der Waals surface area contributed by atoms with Crippen LogP contribution in [0.2, 0.25) is 0 Å². The number of fused-ring (bicyclic) bond motifs is 8. The molecule has 1 amide bonds. The lowest BCUT2D eigenvalue weighted by Crippen LogP contribution is -2.67. The highest BCUT2D eigenvalue weighted by molar-refractivity contribution is 5.77. The summed E-state index contributed by atoms with van der Waals surface area (Å²) >= 11 is 0. The van der Waals surface area contributed by atoms with Crippen molar-refractivity contribution in [3.05, 3.63) is 107 Å².